The Morgan fingerprint density at radius 3 is 0.633 bits per heavy atom. The van der Waals surface area contributed by atoms with E-state index in [1.165, 1.54) is 87.7 Å². The fourth-order valence-electron chi connectivity index (χ4n) is 3.79. The summed E-state index contributed by atoms with van der Waals surface area (Å²) in [5.41, 5.74) is 0. The topological polar surface area (TPSA) is 160 Å². The molecule has 0 bridgehead atoms. The molecular weight excluding hydrogens is 2270 g/mol. The minimum atomic E-state index is 0. The summed E-state index contributed by atoms with van der Waals surface area (Å²) >= 11 is 0. The Balaban J connectivity index is -0.0000000116. The number of carbonyl (C=O) groups excluding carboxylic acids is 3. The van der Waals surface area contributed by atoms with Gasteiger partial charge in [-0.05, 0) is 32.7 Å². The Labute approximate surface area is 683 Å². The van der Waals surface area contributed by atoms with Crippen molar-refractivity contribution in [2.24, 2.45) is 0 Å². The predicted molar refractivity (Wildman–Crippen MR) is 304 cm³/mol. The molecule has 9 radical (unpaired) electrons. The second-order valence-electron chi connectivity index (χ2n) is 9.95. The monoisotopic (exact) mass is 2370 g/mol. The molecule has 5 heterocycles. The number of rotatable bonds is 3. The van der Waals surface area contributed by atoms with Crippen molar-refractivity contribution in [2.75, 3.05) is 32.7 Å². The molecule has 457 valence electrons. The molecule has 30 heteroatoms. The minimum absolute atomic E-state index is 0. The average Bonchev–Trinajstić information content (AvgIpc) is 4.08. The van der Waals surface area contributed by atoms with Gasteiger partial charge in [-0.2, -0.15) is 101 Å². The molecule has 1 saturated carbocycles. The van der Waals surface area contributed by atoms with Gasteiger partial charge in [0.25, 0.3) is 0 Å². The molecule has 6 rings (SSSR count). The van der Waals surface area contributed by atoms with Crippen molar-refractivity contribution in [3.05, 3.63) is 156 Å². The first-order chi connectivity index (χ1) is 27.3. The van der Waals surface area contributed by atoms with Crippen LogP contribution >= 0.6 is 37.0 Å². The van der Waals surface area contributed by atoms with Crippen molar-refractivity contribution >= 4 is 69.1 Å². The molecule has 0 aromatic rings. The number of likely N-dealkylation sites (tertiary alicyclic amines) is 3. The Kier molecular flexibility index (Phi) is 557. The summed E-state index contributed by atoms with van der Waals surface area (Å²) in [7, 11) is 8.93. The summed E-state index contributed by atoms with van der Waals surface area (Å²) in [4.78, 5) is 50.5. The van der Waals surface area contributed by atoms with Gasteiger partial charge in [-0.15, -0.1) is 0 Å². The smallest absolute Gasteiger partial charge is 0.666 e. The fraction of sp³-hybridized carbons (Fsp3) is 0.429. The van der Waals surface area contributed by atoms with Crippen molar-refractivity contribution < 1.29 is 307 Å². The maximum atomic E-state index is 9.78. The zero-order valence-corrected chi connectivity index (χ0v) is 80.5. The molecule has 0 aromatic heterocycles. The molecule has 5 aliphatic heterocycles. The van der Waals surface area contributed by atoms with E-state index in [1.54, 1.807) is 33.9 Å². The molecular formula is C49H97N5O7P4V9W5-2. The molecule has 79 heavy (non-hydrogen) atoms. The van der Waals surface area contributed by atoms with Crippen LogP contribution in [0.2, 0.25) is 0 Å². The van der Waals surface area contributed by atoms with E-state index >= 15 is 0 Å². The molecule has 1 aliphatic carbocycles. The molecule has 3 amide bonds. The fourth-order valence-corrected chi connectivity index (χ4v) is 3.79. The quantitative estimate of drug-likeness (QED) is 0.159. The maximum Gasteiger partial charge on any atom is 2.00 e. The van der Waals surface area contributed by atoms with E-state index in [0.717, 1.165) is 58.2 Å². The van der Waals surface area contributed by atoms with Crippen molar-refractivity contribution in [3.8, 4) is 0 Å². The van der Waals surface area contributed by atoms with E-state index in [2.05, 4.69) is 93.4 Å². The van der Waals surface area contributed by atoms with Crippen molar-refractivity contribution in [1.29, 1.82) is 0 Å². The van der Waals surface area contributed by atoms with Gasteiger partial charge >= 0.3 is 209 Å². The SMILES string of the molecule is CC.O=[C-]N1[CH-]CCC1.O=[C-]N1[CH-]CCC1.O=[C-]N1[CH-]CCC1.O=[C-]O.O=[C-]O.[CH-]1CCCC1.[CH-]1CCCN1.[CH-]1CCCN1.[CH-]=CP.[CH-]=CP.[CH-]=CP.[CH-]=CP.[CH3-].[CH3-].[CH3-].[CH3-].[CH3-].[CH3-].[CH3-].[CH3-].[CH3-].[V+2].[V+2].[V+2].[V+2].[V+2].[V+2].[V+2].[V+2].[V+2].[W+2].[W+2].[W].[W].[W]. The molecule has 6 aliphatic rings. The van der Waals surface area contributed by atoms with Gasteiger partial charge in [0.05, 0.1) is 0 Å². The Morgan fingerprint density at radius 1 is 0.405 bits per heavy atom. The molecule has 4 unspecified atom stereocenters. The van der Waals surface area contributed by atoms with Gasteiger partial charge in [-0.1, -0.05) is 71.7 Å². The van der Waals surface area contributed by atoms with Gasteiger partial charge in [-0.3, -0.25) is 56.0 Å². The summed E-state index contributed by atoms with van der Waals surface area (Å²) in [5.74, 6) is 5.67. The number of aliphatic hydroxyl groups excluding tert-OH is 2. The van der Waals surface area contributed by atoms with E-state index in [9.17, 15) is 14.4 Å². The van der Waals surface area contributed by atoms with Crippen LogP contribution in [0.5, 0.6) is 0 Å². The number of hydrogen-bond donors (Lipinski definition) is 4. The van der Waals surface area contributed by atoms with Crippen LogP contribution in [0.15, 0.2) is 23.3 Å². The molecule has 4 atom stereocenters. The van der Waals surface area contributed by atoms with Crippen molar-refractivity contribution in [1.82, 2.24) is 25.3 Å². The van der Waals surface area contributed by atoms with Crippen LogP contribution in [0.4, 0.5) is 0 Å². The van der Waals surface area contributed by atoms with E-state index in [1.807, 2.05) is 33.5 Å². The number of nitrogens with zero attached hydrogens (tertiary/aromatic N) is 3. The summed E-state index contributed by atoms with van der Waals surface area (Å²) in [6.07, 6.45) is 25.0. The molecule has 4 N–H and O–H groups in total. The summed E-state index contributed by atoms with van der Waals surface area (Å²) in [6, 6.07) is 0. The second kappa shape index (κ2) is 222. The zero-order valence-electron chi connectivity index (χ0n) is 48.7. The second-order valence-corrected chi connectivity index (χ2v) is 11.5. The Bertz CT molecular complexity index is 708. The molecule has 0 aromatic carbocycles. The van der Waals surface area contributed by atoms with E-state index < -0.39 is 0 Å². The van der Waals surface area contributed by atoms with Crippen LogP contribution < -0.4 is 10.6 Å². The van der Waals surface area contributed by atoms with Gasteiger partial charge in [0.15, 0.2) is 0 Å². The maximum absolute atomic E-state index is 9.78. The minimum Gasteiger partial charge on any atom is -0.666 e. The number of hydrogen-bond acceptors (Lipinski definition) is 7. The average molecular weight is 2370 g/mol. The third kappa shape index (κ3) is 244. The van der Waals surface area contributed by atoms with Crippen LogP contribution in [-0.4, -0.2) is 89.8 Å². The third-order valence-electron chi connectivity index (χ3n) is 5.90. The Hall–Kier alpha value is 6.65. The van der Waals surface area contributed by atoms with Crippen LogP contribution in [0, 0.1) is 132 Å². The van der Waals surface area contributed by atoms with Crippen LogP contribution in [0.1, 0.15) is 104 Å². The molecule has 0 spiro atoms. The third-order valence-corrected chi connectivity index (χ3v) is 5.90. The first-order valence-corrected chi connectivity index (χ1v) is 20.8. The van der Waals surface area contributed by atoms with Crippen LogP contribution in [0.25, 0.3) is 0 Å². The largest absolute Gasteiger partial charge is 2.00 e. The van der Waals surface area contributed by atoms with E-state index in [-0.39, 0.29) is 339 Å². The van der Waals surface area contributed by atoms with E-state index in [0.29, 0.717) is 12.9 Å². The summed E-state index contributed by atoms with van der Waals surface area (Å²) < 4.78 is 0. The van der Waals surface area contributed by atoms with Gasteiger partial charge in [0.1, 0.15) is 0 Å². The standard InChI is InChI=1S/3C5H7NO.C5H9.2C4H8N.4C2H4P.C2H6.2CHO2.9CH3.9V.5W/c3*7-5-6-3-1-2-4-6;3*1-2-4-5-3-1;4*1-2-3;1-2;2*2-1-3;;;;;;;;;;;;;;;;;;;;;;;/h3*3H,1-2,4H2;1H,2-5H2;2*3,5H,1-2,4H2;4*1-2H,3H2;1-2H3;2*(H,2,3);9*1H3;;;;;;;;;;;;;;/q3*-2;7*-1;;11*-1;9*+2;;;;2*+2. The van der Waals surface area contributed by atoms with Crippen LogP contribution in [0.3, 0.4) is 0 Å². The number of nitrogens with one attached hydrogen (secondary N) is 2. The number of amides is 3. The molecule has 6 fully saturated rings. The predicted octanol–water partition coefficient (Wildman–Crippen LogP) is 11.3. The Morgan fingerprint density at radius 2 is 0.582 bits per heavy atom. The normalized spacial score (nSPS) is 11.0. The first kappa shape index (κ1) is 198. The first-order valence-electron chi connectivity index (χ1n) is 18.2. The van der Waals surface area contributed by atoms with Crippen molar-refractivity contribution in [2.45, 2.75) is 104 Å². The van der Waals surface area contributed by atoms with Crippen LogP contribution in [-0.2, 0) is 296 Å². The van der Waals surface area contributed by atoms with Gasteiger partial charge in [0.2, 0.25) is 0 Å². The van der Waals surface area contributed by atoms with Gasteiger partial charge < -0.3 is 159 Å². The molecule has 12 nitrogen and oxygen atoms in total. The van der Waals surface area contributed by atoms with E-state index in [4.69, 9.17) is 19.8 Å². The van der Waals surface area contributed by atoms with Crippen molar-refractivity contribution in [3.63, 3.8) is 0 Å². The summed E-state index contributed by atoms with van der Waals surface area (Å²) in [6.45, 7) is 38.5. The van der Waals surface area contributed by atoms with Gasteiger partial charge in [0, 0.05) is 63.2 Å². The summed E-state index contributed by atoms with van der Waals surface area (Å²) in [5, 5.41) is 19.7. The molecule has 5 saturated heterocycles. The zero-order chi connectivity index (χ0) is 44.2. The van der Waals surface area contributed by atoms with Gasteiger partial charge in [-0.25, -0.2) is 0 Å².